The fraction of sp³-hybridized carbons (Fsp3) is 0.615. The van der Waals surface area contributed by atoms with Crippen molar-refractivity contribution >= 4 is 5.69 Å². The van der Waals surface area contributed by atoms with Gasteiger partial charge in [-0.05, 0) is 32.0 Å². The zero-order valence-electron chi connectivity index (χ0n) is 10.6. The molecule has 1 unspecified atom stereocenters. The lowest BCUT2D eigenvalue weighted by atomic mass is 10.2. The second-order valence-corrected chi connectivity index (χ2v) is 4.22. The van der Waals surface area contributed by atoms with Crippen LogP contribution in [0.1, 0.15) is 32.9 Å². The number of hydrogen-bond donors (Lipinski definition) is 1. The topological polar surface area (TPSA) is 42.1 Å². The molecule has 0 saturated heterocycles. The highest BCUT2D eigenvalue weighted by molar-refractivity contribution is 5.34. The summed E-state index contributed by atoms with van der Waals surface area (Å²) in [7, 11) is 0. The second kappa shape index (κ2) is 6.48. The third kappa shape index (κ3) is 3.81. The molecule has 3 nitrogen and oxygen atoms in total. The summed E-state index contributed by atoms with van der Waals surface area (Å²) in [6.45, 7) is 8.89. The first-order chi connectivity index (χ1) is 7.67. The molecular weight excluding hydrogens is 198 g/mol. The SMILES string of the molecule is CCC(C)N(CC)CCc1ccc(N)cn1. The predicted molar refractivity (Wildman–Crippen MR) is 69.4 cm³/mol. The Balaban J connectivity index is 2.46. The van der Waals surface area contributed by atoms with E-state index in [9.17, 15) is 0 Å². The maximum Gasteiger partial charge on any atom is 0.0501 e. The fourth-order valence-corrected chi connectivity index (χ4v) is 1.79. The number of nitrogens with zero attached hydrogens (tertiary/aromatic N) is 2. The molecule has 1 rings (SSSR count). The minimum Gasteiger partial charge on any atom is -0.397 e. The number of aromatic nitrogens is 1. The van der Waals surface area contributed by atoms with Gasteiger partial charge in [-0.25, -0.2) is 0 Å². The van der Waals surface area contributed by atoms with E-state index in [0.717, 1.165) is 30.9 Å². The third-order valence-corrected chi connectivity index (χ3v) is 3.12. The number of nitrogens with two attached hydrogens (primary N) is 1. The zero-order chi connectivity index (χ0) is 12.0. The molecule has 1 heterocycles. The van der Waals surface area contributed by atoms with Crippen LogP contribution in [-0.4, -0.2) is 29.0 Å². The monoisotopic (exact) mass is 221 g/mol. The molecule has 2 N–H and O–H groups in total. The lowest BCUT2D eigenvalue weighted by Gasteiger charge is -2.26. The van der Waals surface area contributed by atoms with E-state index in [1.54, 1.807) is 6.20 Å². The van der Waals surface area contributed by atoms with Crippen LogP contribution in [0.3, 0.4) is 0 Å². The maximum absolute atomic E-state index is 5.61. The van der Waals surface area contributed by atoms with Gasteiger partial charge in [0, 0.05) is 24.7 Å². The van der Waals surface area contributed by atoms with Crippen molar-refractivity contribution in [3.8, 4) is 0 Å². The molecule has 0 aliphatic carbocycles. The molecule has 0 fully saturated rings. The van der Waals surface area contributed by atoms with Crippen LogP contribution >= 0.6 is 0 Å². The average molecular weight is 221 g/mol. The second-order valence-electron chi connectivity index (χ2n) is 4.22. The number of likely N-dealkylation sites (N-methyl/N-ethyl adjacent to an activating group) is 1. The summed E-state index contributed by atoms with van der Waals surface area (Å²) in [5.41, 5.74) is 7.46. The Morgan fingerprint density at radius 1 is 1.38 bits per heavy atom. The molecule has 0 amide bonds. The van der Waals surface area contributed by atoms with Gasteiger partial charge < -0.3 is 10.6 Å². The normalized spacial score (nSPS) is 13.0. The summed E-state index contributed by atoms with van der Waals surface area (Å²) in [5.74, 6) is 0. The minimum absolute atomic E-state index is 0.652. The molecule has 3 heteroatoms. The van der Waals surface area contributed by atoms with Crippen molar-refractivity contribution in [2.45, 2.75) is 39.7 Å². The van der Waals surface area contributed by atoms with Gasteiger partial charge in [-0.1, -0.05) is 13.8 Å². The van der Waals surface area contributed by atoms with Gasteiger partial charge in [0.1, 0.15) is 0 Å². The Labute approximate surface area is 98.7 Å². The van der Waals surface area contributed by atoms with Gasteiger partial charge in [0.05, 0.1) is 11.9 Å². The maximum atomic E-state index is 5.61. The van der Waals surface area contributed by atoms with E-state index in [1.807, 2.05) is 12.1 Å². The van der Waals surface area contributed by atoms with Crippen molar-refractivity contribution in [2.75, 3.05) is 18.8 Å². The van der Waals surface area contributed by atoms with Crippen molar-refractivity contribution in [1.29, 1.82) is 0 Å². The fourth-order valence-electron chi connectivity index (χ4n) is 1.79. The van der Waals surface area contributed by atoms with E-state index in [-0.39, 0.29) is 0 Å². The Bertz CT molecular complexity index is 295. The van der Waals surface area contributed by atoms with Crippen molar-refractivity contribution in [2.24, 2.45) is 0 Å². The largest absolute Gasteiger partial charge is 0.397 e. The number of anilines is 1. The molecule has 1 aromatic heterocycles. The number of rotatable bonds is 6. The van der Waals surface area contributed by atoms with Crippen LogP contribution in [-0.2, 0) is 6.42 Å². The molecule has 0 aliphatic rings. The lowest BCUT2D eigenvalue weighted by Crippen LogP contribution is -2.34. The molecule has 0 bridgehead atoms. The highest BCUT2D eigenvalue weighted by atomic mass is 15.1. The number of hydrogen-bond acceptors (Lipinski definition) is 3. The van der Waals surface area contributed by atoms with Crippen LogP contribution < -0.4 is 5.73 Å². The Kier molecular flexibility index (Phi) is 5.26. The van der Waals surface area contributed by atoms with Gasteiger partial charge in [0.25, 0.3) is 0 Å². The van der Waals surface area contributed by atoms with E-state index in [4.69, 9.17) is 5.73 Å². The highest BCUT2D eigenvalue weighted by Gasteiger charge is 2.09. The smallest absolute Gasteiger partial charge is 0.0501 e. The van der Waals surface area contributed by atoms with Crippen LogP contribution in [0, 0.1) is 0 Å². The third-order valence-electron chi connectivity index (χ3n) is 3.12. The van der Waals surface area contributed by atoms with Crippen molar-refractivity contribution in [3.63, 3.8) is 0 Å². The lowest BCUT2D eigenvalue weighted by molar-refractivity contribution is 0.217. The van der Waals surface area contributed by atoms with Crippen LogP contribution in [0.5, 0.6) is 0 Å². The summed E-state index contributed by atoms with van der Waals surface area (Å²) < 4.78 is 0. The molecule has 1 atom stereocenters. The van der Waals surface area contributed by atoms with E-state index < -0.39 is 0 Å². The molecule has 1 aromatic rings. The molecule has 0 aromatic carbocycles. The van der Waals surface area contributed by atoms with Crippen LogP contribution in [0.25, 0.3) is 0 Å². The van der Waals surface area contributed by atoms with E-state index in [1.165, 1.54) is 6.42 Å². The first-order valence-electron chi connectivity index (χ1n) is 6.11. The van der Waals surface area contributed by atoms with Crippen molar-refractivity contribution in [3.05, 3.63) is 24.0 Å². The first kappa shape index (κ1) is 13.0. The summed E-state index contributed by atoms with van der Waals surface area (Å²) in [6.07, 6.45) is 3.93. The van der Waals surface area contributed by atoms with Gasteiger partial charge in [-0.15, -0.1) is 0 Å². The summed E-state index contributed by atoms with van der Waals surface area (Å²) in [4.78, 5) is 6.80. The van der Waals surface area contributed by atoms with Gasteiger partial charge >= 0.3 is 0 Å². The Morgan fingerprint density at radius 2 is 2.12 bits per heavy atom. The zero-order valence-corrected chi connectivity index (χ0v) is 10.6. The minimum atomic E-state index is 0.652. The van der Waals surface area contributed by atoms with Crippen LogP contribution in [0.4, 0.5) is 5.69 Å². The number of nitrogen functional groups attached to an aromatic ring is 1. The Hall–Kier alpha value is -1.09. The van der Waals surface area contributed by atoms with Gasteiger partial charge in [0.2, 0.25) is 0 Å². The summed E-state index contributed by atoms with van der Waals surface area (Å²) in [6, 6.07) is 4.58. The molecule has 90 valence electrons. The van der Waals surface area contributed by atoms with E-state index in [0.29, 0.717) is 6.04 Å². The predicted octanol–water partition coefficient (Wildman–Crippen LogP) is 2.33. The molecule has 0 spiro atoms. The first-order valence-corrected chi connectivity index (χ1v) is 6.11. The van der Waals surface area contributed by atoms with Gasteiger partial charge in [-0.2, -0.15) is 0 Å². The van der Waals surface area contributed by atoms with E-state index >= 15 is 0 Å². The molecule has 0 saturated carbocycles. The number of pyridine rings is 1. The molecule has 0 radical (unpaired) electrons. The van der Waals surface area contributed by atoms with Gasteiger partial charge in [-0.3, -0.25) is 4.98 Å². The molecule has 0 aliphatic heterocycles. The molecule has 16 heavy (non-hydrogen) atoms. The summed E-state index contributed by atoms with van der Waals surface area (Å²) in [5, 5.41) is 0. The standard InChI is InChI=1S/C13H23N3/c1-4-11(3)16(5-2)9-8-13-7-6-12(14)10-15-13/h6-7,10-11H,4-5,8-9,14H2,1-3H3. The van der Waals surface area contributed by atoms with Crippen LogP contribution in [0.2, 0.25) is 0 Å². The van der Waals surface area contributed by atoms with Crippen molar-refractivity contribution in [1.82, 2.24) is 9.88 Å². The highest BCUT2D eigenvalue weighted by Crippen LogP contribution is 2.06. The average Bonchev–Trinajstić information content (AvgIpc) is 2.31. The van der Waals surface area contributed by atoms with Crippen LogP contribution in [0.15, 0.2) is 18.3 Å². The molecular formula is C13H23N3. The Morgan fingerprint density at radius 3 is 2.62 bits per heavy atom. The quantitative estimate of drug-likeness (QED) is 0.801. The van der Waals surface area contributed by atoms with Crippen molar-refractivity contribution < 1.29 is 0 Å². The van der Waals surface area contributed by atoms with E-state index in [2.05, 4.69) is 30.7 Å². The summed E-state index contributed by atoms with van der Waals surface area (Å²) >= 11 is 0. The van der Waals surface area contributed by atoms with Gasteiger partial charge in [0.15, 0.2) is 0 Å².